The van der Waals surface area contributed by atoms with Crippen LogP contribution in [0.3, 0.4) is 0 Å². The normalized spacial score (nSPS) is 10.8. The van der Waals surface area contributed by atoms with Crippen molar-refractivity contribution in [3.8, 4) is 17.0 Å². The molecule has 0 aliphatic rings. The first-order chi connectivity index (χ1) is 16.3. The smallest absolute Gasteiger partial charge is 0.287 e. The number of nitro benzene ring substituents is 1. The molecule has 0 radical (unpaired) electrons. The van der Waals surface area contributed by atoms with Gasteiger partial charge in [-0.05, 0) is 43.8 Å². The van der Waals surface area contributed by atoms with Crippen molar-refractivity contribution in [2.45, 2.75) is 27.0 Å². The van der Waals surface area contributed by atoms with E-state index in [1.807, 2.05) is 31.2 Å². The molecule has 1 N–H and O–H groups in total. The predicted octanol–water partition coefficient (Wildman–Crippen LogP) is 5.07. The van der Waals surface area contributed by atoms with E-state index in [2.05, 4.69) is 15.4 Å². The van der Waals surface area contributed by atoms with Crippen molar-refractivity contribution in [1.82, 2.24) is 14.8 Å². The molecule has 2 aromatic heterocycles. The number of thiazole rings is 1. The van der Waals surface area contributed by atoms with Gasteiger partial charge in [0.1, 0.15) is 12.3 Å². The molecule has 0 saturated heterocycles. The predicted molar refractivity (Wildman–Crippen MR) is 128 cm³/mol. The Morgan fingerprint density at radius 2 is 2.12 bits per heavy atom. The maximum atomic E-state index is 12.5. The van der Waals surface area contributed by atoms with Gasteiger partial charge < -0.3 is 14.5 Å². The van der Waals surface area contributed by atoms with E-state index in [-0.39, 0.29) is 29.6 Å². The minimum Gasteiger partial charge on any atom is -0.484 e. The van der Waals surface area contributed by atoms with Gasteiger partial charge in [0.2, 0.25) is 5.91 Å². The number of benzene rings is 2. The summed E-state index contributed by atoms with van der Waals surface area (Å²) in [7, 11) is 0. The standard InChI is InChI=1S/C22H19N5O5S2/c1-13-4-3-5-16(8-13)31-11-20-25-26(22(33)32-20)10-19(28)24-21-23-17(12-34-21)15-7-6-14(2)18(9-15)27(29)30/h3-9,12H,10-11H2,1-2H3,(H,23,24,28). The van der Waals surface area contributed by atoms with Gasteiger partial charge in [-0.2, -0.15) is 0 Å². The van der Waals surface area contributed by atoms with Gasteiger partial charge in [0, 0.05) is 22.6 Å². The number of aryl methyl sites for hydroxylation is 2. The molecule has 0 atom stereocenters. The summed E-state index contributed by atoms with van der Waals surface area (Å²) >= 11 is 6.36. The molecule has 1 amide bonds. The fraction of sp³-hybridized carbons (Fsp3) is 0.182. The van der Waals surface area contributed by atoms with Crippen LogP contribution in [0.4, 0.5) is 10.8 Å². The van der Waals surface area contributed by atoms with Crippen molar-refractivity contribution >= 4 is 40.3 Å². The van der Waals surface area contributed by atoms with E-state index in [1.54, 1.807) is 24.4 Å². The van der Waals surface area contributed by atoms with Gasteiger partial charge in [-0.3, -0.25) is 14.9 Å². The number of aromatic nitrogens is 3. The Hall–Kier alpha value is -3.90. The Morgan fingerprint density at radius 1 is 1.29 bits per heavy atom. The Morgan fingerprint density at radius 3 is 2.88 bits per heavy atom. The molecule has 34 heavy (non-hydrogen) atoms. The third kappa shape index (κ3) is 5.53. The summed E-state index contributed by atoms with van der Waals surface area (Å²) in [5, 5.41) is 20.1. The first-order valence-electron chi connectivity index (χ1n) is 10.1. The first kappa shape index (κ1) is 23.3. The van der Waals surface area contributed by atoms with E-state index in [4.69, 9.17) is 21.4 Å². The van der Waals surface area contributed by atoms with Gasteiger partial charge in [0.25, 0.3) is 16.4 Å². The minimum atomic E-state index is -0.435. The van der Waals surface area contributed by atoms with Crippen LogP contribution in [-0.4, -0.2) is 25.6 Å². The second kappa shape index (κ2) is 9.93. The fourth-order valence-corrected chi connectivity index (χ4v) is 4.02. The number of nitrogens with one attached hydrogen (secondary N) is 1. The number of carbonyl (C=O) groups is 1. The molecule has 4 rings (SSSR count). The van der Waals surface area contributed by atoms with Crippen LogP contribution >= 0.6 is 23.6 Å². The molecule has 10 nitrogen and oxygen atoms in total. The third-order valence-corrected chi connectivity index (χ3v) is 5.80. The van der Waals surface area contributed by atoms with Crippen LogP contribution in [0.5, 0.6) is 5.75 Å². The quantitative estimate of drug-likeness (QED) is 0.203. The van der Waals surface area contributed by atoms with Crippen LogP contribution < -0.4 is 10.1 Å². The molecule has 0 aliphatic carbocycles. The molecular formula is C22H19N5O5S2. The Labute approximate surface area is 203 Å². The monoisotopic (exact) mass is 497 g/mol. The Kier molecular flexibility index (Phi) is 6.80. The Balaban J connectivity index is 1.38. The molecule has 2 heterocycles. The zero-order chi connectivity index (χ0) is 24.2. The highest BCUT2D eigenvalue weighted by Crippen LogP contribution is 2.29. The van der Waals surface area contributed by atoms with Crippen molar-refractivity contribution in [3.05, 3.63) is 79.8 Å². The lowest BCUT2D eigenvalue weighted by atomic mass is 10.1. The van der Waals surface area contributed by atoms with Gasteiger partial charge in [-0.15, -0.1) is 16.4 Å². The number of amides is 1. The van der Waals surface area contributed by atoms with Crippen molar-refractivity contribution < 1.29 is 18.9 Å². The molecule has 0 fully saturated rings. The van der Waals surface area contributed by atoms with E-state index >= 15 is 0 Å². The van der Waals surface area contributed by atoms with Crippen LogP contribution in [0, 0.1) is 28.8 Å². The van der Waals surface area contributed by atoms with Crippen molar-refractivity contribution in [2.24, 2.45) is 0 Å². The molecule has 0 saturated carbocycles. The maximum Gasteiger partial charge on any atom is 0.287 e. The summed E-state index contributed by atoms with van der Waals surface area (Å²) < 4.78 is 12.3. The largest absolute Gasteiger partial charge is 0.484 e. The van der Waals surface area contributed by atoms with E-state index < -0.39 is 10.8 Å². The Bertz CT molecular complexity index is 1430. The number of carbonyl (C=O) groups excluding carboxylic acids is 1. The zero-order valence-electron chi connectivity index (χ0n) is 18.2. The number of hydrogen-bond donors (Lipinski definition) is 1. The van der Waals surface area contributed by atoms with Crippen LogP contribution in [0.2, 0.25) is 0 Å². The third-order valence-electron chi connectivity index (χ3n) is 4.75. The summed E-state index contributed by atoms with van der Waals surface area (Å²) in [6.07, 6.45) is 0. The summed E-state index contributed by atoms with van der Waals surface area (Å²) in [5.74, 6) is 0.523. The van der Waals surface area contributed by atoms with Gasteiger partial charge in [0.15, 0.2) is 11.7 Å². The van der Waals surface area contributed by atoms with Gasteiger partial charge in [-0.25, -0.2) is 9.67 Å². The topological polar surface area (TPSA) is 125 Å². The van der Waals surface area contributed by atoms with Crippen molar-refractivity contribution in [2.75, 3.05) is 5.32 Å². The molecule has 4 aromatic rings. The van der Waals surface area contributed by atoms with Crippen LogP contribution in [0.25, 0.3) is 11.3 Å². The highest BCUT2D eigenvalue weighted by molar-refractivity contribution is 7.71. The molecule has 0 spiro atoms. The molecule has 174 valence electrons. The highest BCUT2D eigenvalue weighted by Gasteiger charge is 2.15. The highest BCUT2D eigenvalue weighted by atomic mass is 32.1. The molecule has 12 heteroatoms. The average Bonchev–Trinajstić information content (AvgIpc) is 3.39. The van der Waals surface area contributed by atoms with E-state index in [0.29, 0.717) is 27.7 Å². The van der Waals surface area contributed by atoms with Crippen molar-refractivity contribution in [3.63, 3.8) is 0 Å². The number of ether oxygens (including phenoxy) is 1. The van der Waals surface area contributed by atoms with Gasteiger partial charge >= 0.3 is 0 Å². The lowest BCUT2D eigenvalue weighted by molar-refractivity contribution is -0.385. The molecule has 0 bridgehead atoms. The average molecular weight is 498 g/mol. The van der Waals surface area contributed by atoms with E-state index in [0.717, 1.165) is 5.56 Å². The number of nitro groups is 1. The lowest BCUT2D eigenvalue weighted by Crippen LogP contribution is -2.19. The minimum absolute atomic E-state index is 0.0127. The van der Waals surface area contributed by atoms with Crippen LogP contribution in [-0.2, 0) is 17.9 Å². The first-order valence-corrected chi connectivity index (χ1v) is 11.3. The summed E-state index contributed by atoms with van der Waals surface area (Å²) in [6.45, 7) is 3.53. The number of rotatable bonds is 8. The van der Waals surface area contributed by atoms with E-state index in [1.165, 1.54) is 22.1 Å². The fourth-order valence-electron chi connectivity index (χ4n) is 3.08. The number of hydrogen-bond acceptors (Lipinski definition) is 9. The number of nitrogens with zero attached hydrogens (tertiary/aromatic N) is 4. The molecule has 0 aliphatic heterocycles. The van der Waals surface area contributed by atoms with E-state index in [9.17, 15) is 14.9 Å². The van der Waals surface area contributed by atoms with Crippen LogP contribution in [0.1, 0.15) is 17.0 Å². The second-order valence-electron chi connectivity index (χ2n) is 7.37. The van der Waals surface area contributed by atoms with Crippen molar-refractivity contribution in [1.29, 1.82) is 0 Å². The van der Waals surface area contributed by atoms with Gasteiger partial charge in [-0.1, -0.05) is 24.3 Å². The summed E-state index contributed by atoms with van der Waals surface area (Å²) in [6, 6.07) is 12.4. The molecular weight excluding hydrogens is 478 g/mol. The molecule has 0 unspecified atom stereocenters. The van der Waals surface area contributed by atoms with Gasteiger partial charge in [0.05, 0.1) is 10.6 Å². The second-order valence-corrected chi connectivity index (χ2v) is 8.58. The molecule has 2 aromatic carbocycles. The lowest BCUT2D eigenvalue weighted by Gasteiger charge is -2.03. The maximum absolute atomic E-state index is 12.5. The SMILES string of the molecule is Cc1cccc(OCc2nn(CC(=O)Nc3nc(-c4ccc(C)c([N+](=O)[O-])c4)cs3)c(=S)o2)c1. The summed E-state index contributed by atoms with van der Waals surface area (Å²) in [5.41, 5.74) is 2.75. The number of anilines is 1. The summed E-state index contributed by atoms with van der Waals surface area (Å²) in [4.78, 5) is 27.6. The zero-order valence-corrected chi connectivity index (χ0v) is 19.8. The van der Waals surface area contributed by atoms with Crippen LogP contribution in [0.15, 0.2) is 52.3 Å².